The van der Waals surface area contributed by atoms with Crippen LogP contribution in [0.1, 0.15) is 10.5 Å². The van der Waals surface area contributed by atoms with Crippen LogP contribution in [0, 0.1) is 0 Å². The number of hydrogen-bond donors (Lipinski definition) is 1. The number of nitrogens with one attached hydrogen (secondary N) is 1. The number of para-hydroxylation sites is 1. The first-order valence-electron chi connectivity index (χ1n) is 5.93. The van der Waals surface area contributed by atoms with Gasteiger partial charge in [-0.15, -0.1) is 0 Å². The van der Waals surface area contributed by atoms with Crippen molar-refractivity contribution in [2.24, 2.45) is 0 Å². The van der Waals surface area contributed by atoms with E-state index in [0.717, 1.165) is 5.39 Å². The summed E-state index contributed by atoms with van der Waals surface area (Å²) in [5.74, 6) is 0.728. The minimum Gasteiger partial charge on any atom is -0.493 e. The molecule has 0 amide bonds. The first kappa shape index (κ1) is 12.3. The van der Waals surface area contributed by atoms with Gasteiger partial charge in [0.2, 0.25) is 0 Å². The smallest absolute Gasteiger partial charge is 0.356 e. The molecule has 0 saturated carbocycles. The van der Waals surface area contributed by atoms with Gasteiger partial charge < -0.3 is 13.9 Å². The number of aromatic nitrogens is 2. The summed E-state index contributed by atoms with van der Waals surface area (Å²) < 4.78 is 15.6. The van der Waals surface area contributed by atoms with Crippen LogP contribution in [0.3, 0.4) is 0 Å². The van der Waals surface area contributed by atoms with Gasteiger partial charge in [0.05, 0.1) is 14.2 Å². The topological polar surface area (TPSA) is 77.3 Å². The third kappa shape index (κ3) is 1.91. The molecule has 0 aliphatic carbocycles. The van der Waals surface area contributed by atoms with Crippen LogP contribution in [0.4, 0.5) is 0 Å². The molecule has 0 bridgehead atoms. The van der Waals surface area contributed by atoms with Crippen molar-refractivity contribution in [3.05, 3.63) is 36.0 Å². The van der Waals surface area contributed by atoms with Gasteiger partial charge in [-0.2, -0.15) is 5.10 Å². The molecule has 0 aliphatic rings. The second-order valence-electron chi connectivity index (χ2n) is 4.15. The third-order valence-corrected chi connectivity index (χ3v) is 2.96. The highest BCUT2D eigenvalue weighted by atomic mass is 16.5. The molecule has 6 nitrogen and oxygen atoms in total. The summed E-state index contributed by atoms with van der Waals surface area (Å²) in [5.41, 5.74) is 1.45. The Morgan fingerprint density at radius 1 is 1.30 bits per heavy atom. The number of carbonyl (C=O) groups excluding carboxylic acids is 1. The van der Waals surface area contributed by atoms with Crippen molar-refractivity contribution < 1.29 is 18.7 Å². The van der Waals surface area contributed by atoms with Crippen molar-refractivity contribution in [3.8, 4) is 17.2 Å². The number of esters is 1. The van der Waals surface area contributed by atoms with E-state index in [1.807, 2.05) is 24.3 Å². The average molecular weight is 272 g/mol. The highest BCUT2D eigenvalue weighted by Gasteiger charge is 2.15. The number of benzene rings is 1. The van der Waals surface area contributed by atoms with Gasteiger partial charge in [0.25, 0.3) is 0 Å². The summed E-state index contributed by atoms with van der Waals surface area (Å²) in [5, 5.41) is 7.56. The fourth-order valence-corrected chi connectivity index (χ4v) is 1.99. The number of methoxy groups -OCH3 is 2. The Morgan fingerprint density at radius 3 is 2.90 bits per heavy atom. The van der Waals surface area contributed by atoms with Crippen LogP contribution >= 0.6 is 0 Å². The number of fused-ring (bicyclic) bond motifs is 1. The molecule has 20 heavy (non-hydrogen) atoms. The van der Waals surface area contributed by atoms with Gasteiger partial charge in [0.1, 0.15) is 11.4 Å². The molecule has 0 saturated heterocycles. The molecule has 102 valence electrons. The number of aromatic amines is 1. The standard InChI is InChI=1S/C14H12N2O4/c1-18-11-5-3-4-8-6-12(20-13(8)11)9-7-10(16-15-9)14(17)19-2/h3-7H,1-2H3,(H,15,16). The maximum atomic E-state index is 11.4. The summed E-state index contributed by atoms with van der Waals surface area (Å²) in [7, 11) is 2.90. The number of furan rings is 1. The summed E-state index contributed by atoms with van der Waals surface area (Å²) in [4.78, 5) is 11.4. The first-order chi connectivity index (χ1) is 9.72. The Hall–Kier alpha value is -2.76. The van der Waals surface area contributed by atoms with E-state index in [1.165, 1.54) is 7.11 Å². The predicted molar refractivity (Wildman–Crippen MR) is 71.7 cm³/mol. The zero-order chi connectivity index (χ0) is 14.1. The minimum absolute atomic E-state index is 0.273. The Labute approximate surface area is 114 Å². The molecule has 0 fully saturated rings. The number of nitrogens with zero attached hydrogens (tertiary/aromatic N) is 1. The molecule has 0 radical (unpaired) electrons. The van der Waals surface area contributed by atoms with Crippen LogP contribution in [0.25, 0.3) is 22.4 Å². The summed E-state index contributed by atoms with van der Waals surface area (Å²) in [6.45, 7) is 0. The highest BCUT2D eigenvalue weighted by molar-refractivity contribution is 5.90. The van der Waals surface area contributed by atoms with Crippen LogP contribution < -0.4 is 4.74 Å². The second-order valence-corrected chi connectivity index (χ2v) is 4.15. The molecular formula is C14H12N2O4. The average Bonchev–Trinajstić information content (AvgIpc) is 3.11. The highest BCUT2D eigenvalue weighted by Crippen LogP contribution is 2.32. The van der Waals surface area contributed by atoms with E-state index < -0.39 is 5.97 Å². The fourth-order valence-electron chi connectivity index (χ4n) is 1.99. The van der Waals surface area contributed by atoms with Crippen molar-refractivity contribution in [3.63, 3.8) is 0 Å². The fraction of sp³-hybridized carbons (Fsp3) is 0.143. The van der Waals surface area contributed by atoms with Crippen LogP contribution in [-0.2, 0) is 4.74 Å². The third-order valence-electron chi connectivity index (χ3n) is 2.96. The van der Waals surface area contributed by atoms with Gasteiger partial charge in [0.15, 0.2) is 17.1 Å². The van der Waals surface area contributed by atoms with Gasteiger partial charge in [0, 0.05) is 11.5 Å². The van der Waals surface area contributed by atoms with Gasteiger partial charge >= 0.3 is 5.97 Å². The van der Waals surface area contributed by atoms with E-state index in [9.17, 15) is 4.79 Å². The Balaban J connectivity index is 2.06. The molecule has 0 unspecified atom stereocenters. The van der Waals surface area contributed by atoms with Crippen molar-refractivity contribution in [1.82, 2.24) is 10.2 Å². The van der Waals surface area contributed by atoms with Crippen LogP contribution in [0.5, 0.6) is 5.75 Å². The molecule has 1 aromatic carbocycles. The van der Waals surface area contributed by atoms with Gasteiger partial charge in [-0.1, -0.05) is 12.1 Å². The Morgan fingerprint density at radius 2 is 2.15 bits per heavy atom. The molecule has 2 aromatic heterocycles. The molecule has 1 N–H and O–H groups in total. The van der Waals surface area contributed by atoms with Crippen molar-refractivity contribution in [2.45, 2.75) is 0 Å². The van der Waals surface area contributed by atoms with Gasteiger partial charge in [-0.25, -0.2) is 4.79 Å². The molecule has 0 aliphatic heterocycles. The lowest BCUT2D eigenvalue weighted by molar-refractivity contribution is 0.0594. The lowest BCUT2D eigenvalue weighted by Crippen LogP contribution is -2.00. The Kier molecular flexibility index (Phi) is 2.90. The molecule has 2 heterocycles. The maximum Gasteiger partial charge on any atom is 0.356 e. The van der Waals surface area contributed by atoms with Gasteiger partial charge in [-0.3, -0.25) is 5.10 Å². The van der Waals surface area contributed by atoms with E-state index in [0.29, 0.717) is 22.8 Å². The molecule has 6 heteroatoms. The van der Waals surface area contributed by atoms with E-state index in [4.69, 9.17) is 9.15 Å². The molecule has 3 rings (SSSR count). The molecule has 3 aromatic rings. The number of rotatable bonds is 3. The minimum atomic E-state index is -0.475. The number of carbonyl (C=O) groups is 1. The van der Waals surface area contributed by atoms with E-state index in [2.05, 4.69) is 14.9 Å². The predicted octanol–water partition coefficient (Wildman–Crippen LogP) is 2.62. The van der Waals surface area contributed by atoms with Gasteiger partial charge in [-0.05, 0) is 12.1 Å². The maximum absolute atomic E-state index is 11.4. The van der Waals surface area contributed by atoms with Crippen LogP contribution in [0.2, 0.25) is 0 Å². The van der Waals surface area contributed by atoms with Crippen molar-refractivity contribution in [1.29, 1.82) is 0 Å². The molecule has 0 atom stereocenters. The molecular weight excluding hydrogens is 260 g/mol. The number of ether oxygens (including phenoxy) is 2. The zero-order valence-electron chi connectivity index (χ0n) is 11.0. The lowest BCUT2D eigenvalue weighted by Gasteiger charge is -1.98. The van der Waals surface area contributed by atoms with Crippen molar-refractivity contribution in [2.75, 3.05) is 14.2 Å². The van der Waals surface area contributed by atoms with E-state index in [-0.39, 0.29) is 5.69 Å². The lowest BCUT2D eigenvalue weighted by atomic mass is 10.2. The van der Waals surface area contributed by atoms with Crippen molar-refractivity contribution >= 4 is 16.9 Å². The SMILES string of the molecule is COC(=O)c1cc(-c2cc3cccc(OC)c3o2)n[nH]1. The largest absolute Gasteiger partial charge is 0.493 e. The molecule has 0 spiro atoms. The Bertz CT molecular complexity index is 772. The van der Waals surface area contributed by atoms with Crippen LogP contribution in [0.15, 0.2) is 34.7 Å². The number of H-pyrrole nitrogens is 1. The van der Waals surface area contributed by atoms with Crippen LogP contribution in [-0.4, -0.2) is 30.4 Å². The number of hydrogen-bond acceptors (Lipinski definition) is 5. The zero-order valence-corrected chi connectivity index (χ0v) is 11.0. The quantitative estimate of drug-likeness (QED) is 0.741. The monoisotopic (exact) mass is 272 g/mol. The summed E-state index contributed by atoms with van der Waals surface area (Å²) in [6, 6.07) is 9.04. The summed E-state index contributed by atoms with van der Waals surface area (Å²) >= 11 is 0. The van der Waals surface area contributed by atoms with E-state index >= 15 is 0 Å². The second kappa shape index (κ2) is 4.73. The first-order valence-corrected chi connectivity index (χ1v) is 5.93. The van der Waals surface area contributed by atoms with E-state index in [1.54, 1.807) is 13.2 Å². The summed E-state index contributed by atoms with van der Waals surface area (Å²) in [6.07, 6.45) is 0. The normalized spacial score (nSPS) is 10.7.